The molecule has 0 radical (unpaired) electrons. The molecule has 1 heterocycles. The lowest BCUT2D eigenvalue weighted by Gasteiger charge is -2.39. The summed E-state index contributed by atoms with van der Waals surface area (Å²) in [6.07, 6.45) is 4.35. The zero-order valence-corrected chi connectivity index (χ0v) is 19.9. The fourth-order valence-electron chi connectivity index (χ4n) is 5.22. The van der Waals surface area contributed by atoms with E-state index in [1.54, 1.807) is 23.1 Å². The first-order chi connectivity index (χ1) is 15.8. The van der Waals surface area contributed by atoms with E-state index in [-0.39, 0.29) is 30.8 Å². The van der Waals surface area contributed by atoms with E-state index in [0.29, 0.717) is 42.0 Å². The van der Waals surface area contributed by atoms with Gasteiger partial charge in [0.25, 0.3) is 5.91 Å². The van der Waals surface area contributed by atoms with Gasteiger partial charge in [-0.15, -0.1) is 0 Å². The number of carbonyl (C=O) groups is 3. The summed E-state index contributed by atoms with van der Waals surface area (Å²) in [5.41, 5.74) is 0.416. The van der Waals surface area contributed by atoms with E-state index in [2.05, 4.69) is 10.6 Å². The molecule has 3 rings (SSSR count). The number of carbonyl (C=O) groups excluding carboxylic acids is 2. The second-order valence-corrected chi connectivity index (χ2v) is 9.51. The van der Waals surface area contributed by atoms with Gasteiger partial charge in [0, 0.05) is 24.7 Å². The Labute approximate surface area is 199 Å². The van der Waals surface area contributed by atoms with Crippen LogP contribution in [-0.4, -0.2) is 51.2 Å². The molecule has 4 N–H and O–H groups in total. The van der Waals surface area contributed by atoms with Crippen LogP contribution in [-0.2, 0) is 22.7 Å². The highest BCUT2D eigenvalue weighted by atomic mass is 35.5. The van der Waals surface area contributed by atoms with Crippen LogP contribution in [0.2, 0.25) is 5.02 Å². The molecule has 0 spiro atoms. The molecule has 0 bridgehead atoms. The average Bonchev–Trinajstić information content (AvgIpc) is 3.26. The van der Waals surface area contributed by atoms with E-state index >= 15 is 0 Å². The zero-order valence-electron chi connectivity index (χ0n) is 19.1. The van der Waals surface area contributed by atoms with Gasteiger partial charge in [-0.3, -0.25) is 9.59 Å². The lowest BCUT2D eigenvalue weighted by atomic mass is 9.84. The van der Waals surface area contributed by atoms with E-state index in [4.69, 9.17) is 16.7 Å². The van der Waals surface area contributed by atoms with E-state index < -0.39 is 17.7 Å². The molecule has 2 atom stereocenters. The first-order valence-corrected chi connectivity index (χ1v) is 12.2. The standard InChI is InChI=1S/C24H34ClN3O5/c1-2-24(11-6-12-28(24)21(30)20(29)16-7-4-3-5-8-16)22(31)26-15-18-13-19(25)10-9-17(18)14-27-23(32)33/h9-10,13,16,20,27,29H,2-8,11-12,14-15H2,1H3,(H,26,31)(H,32,33)/t20-,24?/m1/s1. The Bertz CT molecular complexity index is 874. The number of halogens is 1. The van der Waals surface area contributed by atoms with Crippen LogP contribution in [0.5, 0.6) is 0 Å². The smallest absolute Gasteiger partial charge is 0.404 e. The summed E-state index contributed by atoms with van der Waals surface area (Å²) in [7, 11) is 0. The fraction of sp³-hybridized carbons (Fsp3) is 0.625. The number of aliphatic hydroxyl groups excluding tert-OH is 1. The van der Waals surface area contributed by atoms with Crippen molar-refractivity contribution in [2.45, 2.75) is 83.0 Å². The van der Waals surface area contributed by atoms with Gasteiger partial charge in [-0.05, 0) is 61.3 Å². The number of nitrogens with one attached hydrogen (secondary N) is 2. The Balaban J connectivity index is 1.72. The Morgan fingerprint density at radius 3 is 2.48 bits per heavy atom. The zero-order chi connectivity index (χ0) is 24.0. The van der Waals surface area contributed by atoms with E-state index in [1.807, 2.05) is 6.92 Å². The van der Waals surface area contributed by atoms with Crippen LogP contribution in [0.4, 0.5) is 4.79 Å². The van der Waals surface area contributed by atoms with Gasteiger partial charge in [-0.1, -0.05) is 43.9 Å². The van der Waals surface area contributed by atoms with Crippen molar-refractivity contribution in [1.82, 2.24) is 15.5 Å². The Hall–Kier alpha value is -2.32. The molecule has 9 heteroatoms. The molecular weight excluding hydrogens is 446 g/mol. The van der Waals surface area contributed by atoms with Crippen molar-refractivity contribution in [3.8, 4) is 0 Å². The van der Waals surface area contributed by atoms with Crippen molar-refractivity contribution in [3.63, 3.8) is 0 Å². The van der Waals surface area contributed by atoms with Gasteiger partial charge in [0.2, 0.25) is 5.91 Å². The van der Waals surface area contributed by atoms with Crippen LogP contribution in [0.25, 0.3) is 0 Å². The van der Waals surface area contributed by atoms with Crippen LogP contribution in [0.15, 0.2) is 18.2 Å². The summed E-state index contributed by atoms with van der Waals surface area (Å²) in [6, 6.07) is 5.09. The molecule has 1 aromatic rings. The van der Waals surface area contributed by atoms with E-state index in [1.165, 1.54) is 0 Å². The van der Waals surface area contributed by atoms with Crippen LogP contribution in [0.3, 0.4) is 0 Å². The van der Waals surface area contributed by atoms with Crippen LogP contribution >= 0.6 is 11.6 Å². The van der Waals surface area contributed by atoms with Crippen molar-refractivity contribution in [2.75, 3.05) is 6.54 Å². The number of nitrogens with zero attached hydrogens (tertiary/aromatic N) is 1. The molecule has 2 aliphatic rings. The number of likely N-dealkylation sites (tertiary alicyclic amines) is 1. The predicted molar refractivity (Wildman–Crippen MR) is 125 cm³/mol. The Morgan fingerprint density at radius 1 is 1.12 bits per heavy atom. The largest absolute Gasteiger partial charge is 0.465 e. The van der Waals surface area contributed by atoms with E-state index in [9.17, 15) is 19.5 Å². The molecule has 2 fully saturated rings. The summed E-state index contributed by atoms with van der Waals surface area (Å²) in [6.45, 7) is 2.59. The van der Waals surface area contributed by atoms with Gasteiger partial charge >= 0.3 is 6.09 Å². The molecule has 8 nitrogen and oxygen atoms in total. The Kier molecular flexibility index (Phi) is 8.59. The summed E-state index contributed by atoms with van der Waals surface area (Å²) < 4.78 is 0. The number of carboxylic acid groups (broad SMARTS) is 1. The SMILES string of the molecule is CCC1(C(=O)NCc2cc(Cl)ccc2CNC(=O)O)CCCN1C(=O)[C@H](O)C1CCCCC1. The number of hydrogen-bond acceptors (Lipinski definition) is 4. The van der Waals surface area contributed by atoms with Gasteiger partial charge in [-0.25, -0.2) is 4.79 Å². The lowest BCUT2D eigenvalue weighted by Crippen LogP contribution is -2.59. The summed E-state index contributed by atoms with van der Waals surface area (Å²) in [4.78, 5) is 39.1. The van der Waals surface area contributed by atoms with Crippen molar-refractivity contribution in [2.24, 2.45) is 5.92 Å². The van der Waals surface area contributed by atoms with Gasteiger partial charge < -0.3 is 25.7 Å². The predicted octanol–water partition coefficient (Wildman–Crippen LogP) is 3.44. The molecule has 33 heavy (non-hydrogen) atoms. The molecule has 1 aliphatic carbocycles. The second-order valence-electron chi connectivity index (χ2n) is 9.08. The third-order valence-corrected chi connectivity index (χ3v) is 7.38. The first kappa shape index (κ1) is 25.3. The number of rotatable bonds is 8. The molecular formula is C24H34ClN3O5. The fourth-order valence-corrected chi connectivity index (χ4v) is 5.41. The van der Waals surface area contributed by atoms with Crippen LogP contribution in [0, 0.1) is 5.92 Å². The van der Waals surface area contributed by atoms with Gasteiger partial charge in [0.15, 0.2) is 0 Å². The minimum absolute atomic E-state index is 0.0415. The number of aliphatic hydroxyl groups is 1. The van der Waals surface area contributed by atoms with Crippen molar-refractivity contribution < 1.29 is 24.6 Å². The minimum Gasteiger partial charge on any atom is -0.465 e. The summed E-state index contributed by atoms with van der Waals surface area (Å²) in [5.74, 6) is -0.644. The minimum atomic E-state index is -1.14. The molecule has 1 aromatic carbocycles. The molecule has 0 aromatic heterocycles. The first-order valence-electron chi connectivity index (χ1n) is 11.8. The monoisotopic (exact) mass is 479 g/mol. The lowest BCUT2D eigenvalue weighted by molar-refractivity contribution is -0.154. The molecule has 1 unspecified atom stereocenters. The summed E-state index contributed by atoms with van der Waals surface area (Å²) in [5, 5.41) is 25.5. The van der Waals surface area contributed by atoms with Gasteiger partial charge in [0.1, 0.15) is 11.6 Å². The van der Waals surface area contributed by atoms with E-state index in [0.717, 1.165) is 32.1 Å². The van der Waals surface area contributed by atoms with Gasteiger partial charge in [0.05, 0.1) is 0 Å². The molecule has 1 saturated heterocycles. The Morgan fingerprint density at radius 2 is 1.82 bits per heavy atom. The molecule has 1 saturated carbocycles. The highest BCUT2D eigenvalue weighted by molar-refractivity contribution is 6.30. The third-order valence-electron chi connectivity index (χ3n) is 7.15. The maximum Gasteiger partial charge on any atom is 0.404 e. The van der Waals surface area contributed by atoms with Crippen LogP contribution < -0.4 is 10.6 Å². The quantitative estimate of drug-likeness (QED) is 0.455. The normalized spacial score (nSPS) is 22.1. The highest BCUT2D eigenvalue weighted by Gasteiger charge is 2.50. The van der Waals surface area contributed by atoms with Crippen molar-refractivity contribution >= 4 is 29.5 Å². The number of hydrogen-bond donors (Lipinski definition) is 4. The maximum absolute atomic E-state index is 13.4. The topological polar surface area (TPSA) is 119 Å². The molecule has 182 valence electrons. The van der Waals surface area contributed by atoms with Gasteiger partial charge in [-0.2, -0.15) is 0 Å². The number of benzene rings is 1. The van der Waals surface area contributed by atoms with Crippen molar-refractivity contribution in [1.29, 1.82) is 0 Å². The third kappa shape index (κ3) is 5.79. The maximum atomic E-state index is 13.4. The number of amides is 3. The van der Waals surface area contributed by atoms with Crippen LogP contribution in [0.1, 0.15) is 69.4 Å². The molecule has 1 aliphatic heterocycles. The average molecular weight is 480 g/mol. The summed E-state index contributed by atoms with van der Waals surface area (Å²) >= 11 is 6.12. The van der Waals surface area contributed by atoms with Crippen molar-refractivity contribution in [3.05, 3.63) is 34.3 Å². The second kappa shape index (κ2) is 11.2. The highest BCUT2D eigenvalue weighted by Crippen LogP contribution is 2.36. The molecule has 3 amide bonds.